The van der Waals surface area contributed by atoms with E-state index in [1.807, 2.05) is 17.9 Å². The predicted molar refractivity (Wildman–Crippen MR) is 78.5 cm³/mol. The summed E-state index contributed by atoms with van der Waals surface area (Å²) in [5.41, 5.74) is 7.60. The summed E-state index contributed by atoms with van der Waals surface area (Å²) < 4.78 is 25.5. The lowest BCUT2D eigenvalue weighted by Crippen LogP contribution is -2.39. The number of benzene rings is 1. The van der Waals surface area contributed by atoms with E-state index >= 15 is 0 Å². The smallest absolute Gasteiger partial charge is 0.146 e. The Morgan fingerprint density at radius 1 is 1.42 bits per heavy atom. The van der Waals surface area contributed by atoms with E-state index in [0.29, 0.717) is 36.7 Å². The molecule has 0 bridgehead atoms. The fourth-order valence-electron chi connectivity index (χ4n) is 2.37. The highest BCUT2D eigenvalue weighted by Gasteiger charge is 2.21. The lowest BCUT2D eigenvalue weighted by molar-refractivity contribution is 0.604. The van der Waals surface area contributed by atoms with E-state index in [9.17, 15) is 8.60 Å². The molecule has 1 saturated heterocycles. The summed E-state index contributed by atoms with van der Waals surface area (Å²) in [6.07, 6.45) is 1.56. The summed E-state index contributed by atoms with van der Waals surface area (Å²) in [5.74, 6) is 1.04. The van der Waals surface area contributed by atoms with E-state index in [2.05, 4.69) is 0 Å². The molecule has 106 valence electrons. The van der Waals surface area contributed by atoms with Crippen LogP contribution in [0, 0.1) is 5.82 Å². The van der Waals surface area contributed by atoms with E-state index < -0.39 is 10.8 Å². The van der Waals surface area contributed by atoms with Crippen molar-refractivity contribution in [3.63, 3.8) is 0 Å². The van der Waals surface area contributed by atoms with Gasteiger partial charge in [-0.25, -0.2) is 4.39 Å². The third kappa shape index (κ3) is 3.54. The first-order valence-electron chi connectivity index (χ1n) is 6.74. The first-order chi connectivity index (χ1) is 9.11. The molecule has 0 aromatic heterocycles. The summed E-state index contributed by atoms with van der Waals surface area (Å²) in [6.45, 7) is 3.34. The van der Waals surface area contributed by atoms with Gasteiger partial charge < -0.3 is 10.6 Å². The summed E-state index contributed by atoms with van der Waals surface area (Å²) in [6, 6.07) is 5.22. The van der Waals surface area contributed by atoms with Crippen LogP contribution in [-0.2, 0) is 17.2 Å². The highest BCUT2D eigenvalue weighted by Crippen LogP contribution is 2.27. The van der Waals surface area contributed by atoms with Crippen LogP contribution in [0.2, 0.25) is 0 Å². The monoisotopic (exact) mass is 284 g/mol. The van der Waals surface area contributed by atoms with Crippen molar-refractivity contribution in [2.45, 2.75) is 25.8 Å². The maximum absolute atomic E-state index is 14.1. The molecule has 19 heavy (non-hydrogen) atoms. The van der Waals surface area contributed by atoms with Crippen molar-refractivity contribution < 1.29 is 8.60 Å². The number of para-hydroxylation sites is 1. The zero-order valence-corrected chi connectivity index (χ0v) is 12.1. The molecule has 1 fully saturated rings. The van der Waals surface area contributed by atoms with Crippen molar-refractivity contribution in [1.82, 2.24) is 0 Å². The van der Waals surface area contributed by atoms with Crippen molar-refractivity contribution in [3.05, 3.63) is 29.6 Å². The Bertz CT molecular complexity index is 457. The van der Waals surface area contributed by atoms with Gasteiger partial charge in [0.1, 0.15) is 5.82 Å². The molecule has 0 radical (unpaired) electrons. The molecule has 2 rings (SSSR count). The normalized spacial score (nSPS) is 18.6. The largest absolute Gasteiger partial charge is 0.367 e. The minimum absolute atomic E-state index is 0.0551. The molecule has 0 aliphatic carbocycles. The lowest BCUT2D eigenvalue weighted by Gasteiger charge is -2.31. The first-order valence-corrected chi connectivity index (χ1v) is 8.23. The van der Waals surface area contributed by atoms with Crippen molar-refractivity contribution in [3.8, 4) is 0 Å². The van der Waals surface area contributed by atoms with Crippen LogP contribution in [0.15, 0.2) is 18.2 Å². The lowest BCUT2D eigenvalue weighted by atomic mass is 10.0. The van der Waals surface area contributed by atoms with Crippen molar-refractivity contribution in [2.24, 2.45) is 5.73 Å². The van der Waals surface area contributed by atoms with E-state index in [4.69, 9.17) is 5.73 Å². The Kier molecular flexibility index (Phi) is 4.93. The van der Waals surface area contributed by atoms with Crippen molar-refractivity contribution in [1.29, 1.82) is 0 Å². The van der Waals surface area contributed by atoms with Gasteiger partial charge in [-0.2, -0.15) is 0 Å². The highest BCUT2D eigenvalue weighted by atomic mass is 32.2. The predicted octanol–water partition coefficient (Wildman–Crippen LogP) is 1.67. The van der Waals surface area contributed by atoms with Gasteiger partial charge in [-0.3, -0.25) is 4.21 Å². The second-order valence-corrected chi connectivity index (χ2v) is 6.65. The van der Waals surface area contributed by atoms with Gasteiger partial charge in [0.15, 0.2) is 0 Å². The molecule has 0 spiro atoms. The molecule has 2 N–H and O–H groups in total. The van der Waals surface area contributed by atoms with Crippen molar-refractivity contribution in [2.75, 3.05) is 29.5 Å². The summed E-state index contributed by atoms with van der Waals surface area (Å²) in [5, 5.41) is 0. The van der Waals surface area contributed by atoms with Gasteiger partial charge in [-0.15, -0.1) is 0 Å². The van der Waals surface area contributed by atoms with Crippen LogP contribution in [0.4, 0.5) is 10.1 Å². The molecule has 3 nitrogen and oxygen atoms in total. The minimum atomic E-state index is -0.749. The molecule has 1 heterocycles. The molecule has 1 aliphatic heterocycles. The highest BCUT2D eigenvalue weighted by molar-refractivity contribution is 7.85. The van der Waals surface area contributed by atoms with Gasteiger partial charge >= 0.3 is 0 Å². The standard InChI is InChI=1S/C14H21FN2OS/c1-2-12(16)10-11-4-3-5-13(15)14(11)17-6-8-19(18)9-7-17/h3-5,12H,2,6-10,16H2,1H3. The molecular formula is C14H21FN2OS. The van der Waals surface area contributed by atoms with Crippen molar-refractivity contribution >= 4 is 16.5 Å². The maximum Gasteiger partial charge on any atom is 0.146 e. The number of halogens is 1. The Hall–Kier alpha value is -0.940. The second-order valence-electron chi connectivity index (χ2n) is 4.96. The zero-order chi connectivity index (χ0) is 13.8. The van der Waals surface area contributed by atoms with Crippen LogP contribution in [0.25, 0.3) is 0 Å². The van der Waals surface area contributed by atoms with E-state index in [1.165, 1.54) is 6.07 Å². The summed E-state index contributed by atoms with van der Waals surface area (Å²) in [7, 11) is -0.749. The van der Waals surface area contributed by atoms with Crippen LogP contribution < -0.4 is 10.6 Å². The van der Waals surface area contributed by atoms with Gasteiger partial charge in [0.05, 0.1) is 5.69 Å². The Labute approximate surface area is 116 Å². The van der Waals surface area contributed by atoms with Crippen LogP contribution in [-0.4, -0.2) is 34.8 Å². The molecule has 1 aromatic rings. The van der Waals surface area contributed by atoms with Crippen LogP contribution in [0.5, 0.6) is 0 Å². The average molecular weight is 284 g/mol. The van der Waals surface area contributed by atoms with Crippen LogP contribution in [0.3, 0.4) is 0 Å². The average Bonchev–Trinajstić information content (AvgIpc) is 2.40. The number of nitrogens with zero attached hydrogens (tertiary/aromatic N) is 1. The Morgan fingerprint density at radius 2 is 2.11 bits per heavy atom. The van der Waals surface area contributed by atoms with Gasteiger partial charge in [-0.05, 0) is 24.5 Å². The minimum Gasteiger partial charge on any atom is -0.367 e. The molecular weight excluding hydrogens is 263 g/mol. The van der Waals surface area contributed by atoms with Crippen LogP contribution in [0.1, 0.15) is 18.9 Å². The quantitative estimate of drug-likeness (QED) is 0.915. The van der Waals surface area contributed by atoms with Gasteiger partial charge in [0.2, 0.25) is 0 Å². The third-order valence-corrected chi connectivity index (χ3v) is 4.85. The number of hydrogen-bond acceptors (Lipinski definition) is 3. The van der Waals surface area contributed by atoms with Gasteiger partial charge in [0, 0.05) is 41.4 Å². The molecule has 5 heteroatoms. The number of nitrogens with two attached hydrogens (primary N) is 1. The number of rotatable bonds is 4. The van der Waals surface area contributed by atoms with Gasteiger partial charge in [-0.1, -0.05) is 19.1 Å². The summed E-state index contributed by atoms with van der Waals surface area (Å²) in [4.78, 5) is 2.01. The van der Waals surface area contributed by atoms with Crippen LogP contribution >= 0.6 is 0 Å². The SMILES string of the molecule is CCC(N)Cc1cccc(F)c1N1CCS(=O)CC1. The Morgan fingerprint density at radius 3 is 2.74 bits per heavy atom. The van der Waals surface area contributed by atoms with E-state index in [0.717, 1.165) is 12.0 Å². The first kappa shape index (κ1) is 14.5. The fraction of sp³-hybridized carbons (Fsp3) is 0.571. The molecule has 1 aliphatic rings. The topological polar surface area (TPSA) is 46.3 Å². The molecule has 1 atom stereocenters. The second kappa shape index (κ2) is 6.48. The fourth-order valence-corrected chi connectivity index (χ4v) is 3.42. The maximum atomic E-state index is 14.1. The van der Waals surface area contributed by atoms with E-state index in [1.54, 1.807) is 6.07 Å². The Balaban J connectivity index is 2.24. The number of anilines is 1. The third-order valence-electron chi connectivity index (χ3n) is 3.57. The van der Waals surface area contributed by atoms with Gasteiger partial charge in [0.25, 0.3) is 0 Å². The molecule has 1 unspecified atom stereocenters. The molecule has 0 saturated carbocycles. The zero-order valence-electron chi connectivity index (χ0n) is 11.3. The number of hydrogen-bond donors (Lipinski definition) is 1. The molecule has 0 amide bonds. The summed E-state index contributed by atoms with van der Waals surface area (Å²) >= 11 is 0. The molecule has 1 aromatic carbocycles. The van der Waals surface area contributed by atoms with E-state index in [-0.39, 0.29) is 11.9 Å².